The number of carbonyl (C=O) groups excluding carboxylic acids is 1. The summed E-state index contributed by atoms with van der Waals surface area (Å²) in [4.78, 5) is 12.6. The molecule has 0 saturated carbocycles. The van der Waals surface area contributed by atoms with Crippen LogP contribution < -0.4 is 10.6 Å². The highest BCUT2D eigenvalue weighted by molar-refractivity contribution is 6.36. The predicted molar refractivity (Wildman–Crippen MR) is 112 cm³/mol. The molecule has 32 heavy (non-hydrogen) atoms. The van der Waals surface area contributed by atoms with Crippen LogP contribution in [0.3, 0.4) is 0 Å². The molecule has 0 spiro atoms. The van der Waals surface area contributed by atoms with Crippen LogP contribution in [0.25, 0.3) is 0 Å². The van der Waals surface area contributed by atoms with E-state index in [2.05, 4.69) is 15.7 Å². The third-order valence-corrected chi connectivity index (χ3v) is 5.76. The zero-order valence-corrected chi connectivity index (χ0v) is 17.8. The average molecular weight is 487 g/mol. The van der Waals surface area contributed by atoms with Crippen LogP contribution in [-0.2, 0) is 6.54 Å². The van der Waals surface area contributed by atoms with Crippen LogP contribution in [0.1, 0.15) is 40.1 Å². The first kappa shape index (κ1) is 22.4. The van der Waals surface area contributed by atoms with E-state index in [0.717, 1.165) is 0 Å². The molecule has 0 aliphatic carbocycles. The predicted octanol–water partition coefficient (Wildman–Crippen LogP) is 5.92. The van der Waals surface area contributed by atoms with E-state index >= 15 is 0 Å². The van der Waals surface area contributed by atoms with Gasteiger partial charge in [-0.05, 0) is 35.4 Å². The summed E-state index contributed by atoms with van der Waals surface area (Å²) in [6.45, 7) is 0.0289. The van der Waals surface area contributed by atoms with Crippen molar-refractivity contribution in [1.82, 2.24) is 15.1 Å². The van der Waals surface area contributed by atoms with Crippen LogP contribution >= 0.6 is 23.2 Å². The summed E-state index contributed by atoms with van der Waals surface area (Å²) in [5.41, 5.74) is 0.866. The number of alkyl halides is 3. The largest absolute Gasteiger partial charge is 0.410 e. The van der Waals surface area contributed by atoms with E-state index in [9.17, 15) is 22.4 Å². The second kappa shape index (κ2) is 8.63. The highest BCUT2D eigenvalue weighted by Crippen LogP contribution is 2.46. The summed E-state index contributed by atoms with van der Waals surface area (Å²) in [6, 6.07) is 9.17. The lowest BCUT2D eigenvalue weighted by Gasteiger charge is -2.33. The minimum absolute atomic E-state index is 0.0289. The van der Waals surface area contributed by atoms with Crippen LogP contribution in [0.4, 0.5) is 23.4 Å². The van der Waals surface area contributed by atoms with E-state index in [1.165, 1.54) is 24.3 Å². The van der Waals surface area contributed by atoms with Crippen LogP contribution in [0.2, 0.25) is 10.0 Å². The second-order valence-electron chi connectivity index (χ2n) is 7.31. The average Bonchev–Trinajstić information content (AvgIpc) is 3.09. The monoisotopic (exact) mass is 486 g/mol. The molecule has 1 aromatic heterocycles. The molecule has 1 aliphatic rings. The number of carbonyl (C=O) groups is 1. The summed E-state index contributed by atoms with van der Waals surface area (Å²) in [5, 5.41) is 9.63. The Kier molecular flexibility index (Phi) is 6.05. The Morgan fingerprint density at radius 2 is 1.78 bits per heavy atom. The molecule has 168 valence electrons. The summed E-state index contributed by atoms with van der Waals surface area (Å²) in [5.74, 6) is -1.26. The molecule has 1 amide bonds. The molecule has 2 atom stereocenters. The van der Waals surface area contributed by atoms with E-state index in [0.29, 0.717) is 20.8 Å². The van der Waals surface area contributed by atoms with E-state index in [-0.39, 0.29) is 29.5 Å². The van der Waals surface area contributed by atoms with Gasteiger partial charge in [0.1, 0.15) is 16.7 Å². The summed E-state index contributed by atoms with van der Waals surface area (Å²) >= 11 is 12.2. The Morgan fingerprint density at radius 1 is 1.12 bits per heavy atom. The molecular formula is C21H16Cl2F4N4O. The Labute approximate surface area is 190 Å². The van der Waals surface area contributed by atoms with Crippen molar-refractivity contribution < 1.29 is 22.4 Å². The smallest absolute Gasteiger partial charge is 0.362 e. The first-order valence-corrected chi connectivity index (χ1v) is 10.3. The summed E-state index contributed by atoms with van der Waals surface area (Å²) < 4.78 is 55.2. The van der Waals surface area contributed by atoms with Gasteiger partial charge in [-0.3, -0.25) is 4.79 Å². The molecule has 0 unspecified atom stereocenters. The summed E-state index contributed by atoms with van der Waals surface area (Å²) in [6.07, 6.45) is -4.95. The van der Waals surface area contributed by atoms with E-state index in [1.54, 1.807) is 24.3 Å². The fourth-order valence-corrected chi connectivity index (χ4v) is 3.91. The number of benzene rings is 2. The third kappa shape index (κ3) is 4.54. The normalized spacial score (nSPS) is 18.1. The van der Waals surface area contributed by atoms with Crippen molar-refractivity contribution in [1.29, 1.82) is 0 Å². The van der Waals surface area contributed by atoms with Crippen molar-refractivity contribution in [2.75, 3.05) is 5.32 Å². The minimum Gasteiger partial charge on any atom is -0.362 e. The number of nitrogens with one attached hydrogen (secondary N) is 2. The SMILES string of the molecule is O=C(NCc1ccc(F)cc1)c1nn2c(c1Cl)N[C@@H](c1ccc(Cl)cc1)C[C@H]2C(F)(F)F. The Morgan fingerprint density at radius 3 is 2.41 bits per heavy atom. The quantitative estimate of drug-likeness (QED) is 0.450. The molecule has 2 heterocycles. The number of amides is 1. The number of hydrogen-bond donors (Lipinski definition) is 2. The molecule has 5 nitrogen and oxygen atoms in total. The lowest BCUT2D eigenvalue weighted by atomic mass is 9.97. The molecule has 4 rings (SSSR count). The maximum atomic E-state index is 13.8. The van der Waals surface area contributed by atoms with Crippen LogP contribution in [-0.4, -0.2) is 21.9 Å². The molecule has 0 fully saturated rings. The van der Waals surface area contributed by atoms with Gasteiger partial charge >= 0.3 is 6.18 Å². The number of rotatable bonds is 4. The number of nitrogens with zero attached hydrogens (tertiary/aromatic N) is 2. The van der Waals surface area contributed by atoms with E-state index in [1.807, 2.05) is 0 Å². The highest BCUT2D eigenvalue weighted by atomic mass is 35.5. The second-order valence-corrected chi connectivity index (χ2v) is 8.12. The van der Waals surface area contributed by atoms with Gasteiger partial charge in [0, 0.05) is 18.0 Å². The van der Waals surface area contributed by atoms with Gasteiger partial charge in [0.25, 0.3) is 5.91 Å². The van der Waals surface area contributed by atoms with Crippen molar-refractivity contribution in [2.24, 2.45) is 0 Å². The molecular weight excluding hydrogens is 471 g/mol. The first-order valence-electron chi connectivity index (χ1n) is 9.53. The van der Waals surface area contributed by atoms with Gasteiger partial charge < -0.3 is 10.6 Å². The van der Waals surface area contributed by atoms with Crippen molar-refractivity contribution in [3.8, 4) is 0 Å². The Hall–Kier alpha value is -2.78. The number of aromatic nitrogens is 2. The molecule has 3 aromatic rings. The molecule has 2 N–H and O–H groups in total. The molecule has 0 bridgehead atoms. The standard InChI is InChI=1S/C21H16Cl2F4N4O/c22-13-5-3-12(4-6-13)15-9-16(21(25,26)27)31-19(29-15)17(23)18(30-31)20(32)28-10-11-1-7-14(24)8-2-11/h1-8,15-16,29H,9-10H2,(H,28,32)/t15-,16+/m1/s1. The molecule has 0 radical (unpaired) electrons. The lowest BCUT2D eigenvalue weighted by Crippen LogP contribution is -2.35. The van der Waals surface area contributed by atoms with Gasteiger partial charge in [-0.25, -0.2) is 9.07 Å². The lowest BCUT2D eigenvalue weighted by molar-refractivity contribution is -0.173. The molecule has 2 aromatic carbocycles. The summed E-state index contributed by atoms with van der Waals surface area (Å²) in [7, 11) is 0. The Balaban J connectivity index is 1.62. The number of anilines is 1. The third-order valence-electron chi connectivity index (χ3n) is 5.15. The zero-order valence-electron chi connectivity index (χ0n) is 16.3. The highest BCUT2D eigenvalue weighted by Gasteiger charge is 2.47. The van der Waals surface area contributed by atoms with E-state index in [4.69, 9.17) is 23.2 Å². The van der Waals surface area contributed by atoms with Crippen LogP contribution in [0.15, 0.2) is 48.5 Å². The maximum Gasteiger partial charge on any atom is 0.410 e. The van der Waals surface area contributed by atoms with Gasteiger partial charge in [0.05, 0.1) is 6.04 Å². The van der Waals surface area contributed by atoms with Gasteiger partial charge in [-0.15, -0.1) is 0 Å². The molecule has 1 aliphatic heterocycles. The maximum absolute atomic E-state index is 13.8. The van der Waals surface area contributed by atoms with Crippen LogP contribution in [0.5, 0.6) is 0 Å². The van der Waals surface area contributed by atoms with Crippen molar-refractivity contribution in [3.05, 3.63) is 81.2 Å². The number of fused-ring (bicyclic) bond motifs is 1. The molecule has 0 saturated heterocycles. The van der Waals surface area contributed by atoms with Crippen molar-refractivity contribution >= 4 is 34.9 Å². The number of hydrogen-bond acceptors (Lipinski definition) is 3. The Bertz CT molecular complexity index is 1130. The fraction of sp³-hybridized carbons (Fsp3) is 0.238. The first-order chi connectivity index (χ1) is 15.1. The van der Waals surface area contributed by atoms with Crippen molar-refractivity contribution in [2.45, 2.75) is 31.2 Å². The molecule has 11 heteroatoms. The van der Waals surface area contributed by atoms with Gasteiger partial charge in [0.15, 0.2) is 11.7 Å². The fourth-order valence-electron chi connectivity index (χ4n) is 3.52. The minimum atomic E-state index is -4.61. The van der Waals surface area contributed by atoms with Crippen LogP contribution in [0, 0.1) is 5.82 Å². The van der Waals surface area contributed by atoms with E-state index < -0.39 is 30.0 Å². The zero-order chi connectivity index (χ0) is 23.0. The van der Waals surface area contributed by atoms with Crippen molar-refractivity contribution in [3.63, 3.8) is 0 Å². The topological polar surface area (TPSA) is 59.0 Å². The van der Waals surface area contributed by atoms with Gasteiger partial charge in [-0.1, -0.05) is 47.5 Å². The number of halogens is 6. The van der Waals surface area contributed by atoms with Gasteiger partial charge in [0.2, 0.25) is 0 Å². The van der Waals surface area contributed by atoms with Gasteiger partial charge in [-0.2, -0.15) is 18.3 Å².